The van der Waals surface area contributed by atoms with Crippen molar-refractivity contribution in [3.8, 4) is 11.4 Å². The number of ether oxygens (including phenoxy) is 1. The Balaban J connectivity index is 1.53. The Hall–Kier alpha value is -3.54. The fourth-order valence-electron chi connectivity index (χ4n) is 4.52. The third-order valence-electron chi connectivity index (χ3n) is 6.69. The van der Waals surface area contributed by atoms with E-state index in [4.69, 9.17) is 26.3 Å². The number of imidazole rings is 1. The maximum absolute atomic E-state index is 13.6. The van der Waals surface area contributed by atoms with Crippen molar-refractivity contribution in [1.29, 1.82) is 0 Å². The average molecular weight is 565 g/mol. The van der Waals surface area contributed by atoms with Gasteiger partial charge in [0.2, 0.25) is 0 Å². The Morgan fingerprint density at radius 1 is 1.21 bits per heavy atom. The molecule has 1 atom stereocenters. The number of aromatic nitrogens is 7. The van der Waals surface area contributed by atoms with Crippen LogP contribution in [0.15, 0.2) is 43.0 Å². The number of halogens is 1. The minimum absolute atomic E-state index is 0.263. The molecule has 10 nitrogen and oxygen atoms in total. The Morgan fingerprint density at radius 3 is 2.72 bits per heavy atom. The van der Waals surface area contributed by atoms with Gasteiger partial charge in [0.05, 0.1) is 23.3 Å². The number of amides is 1. The molecule has 0 radical (unpaired) electrons. The number of fused-ring (bicyclic) bond motifs is 2. The molecule has 1 unspecified atom stereocenters. The van der Waals surface area contributed by atoms with Gasteiger partial charge in [0, 0.05) is 57.8 Å². The number of rotatable bonds is 9. The molecule has 0 fully saturated rings. The molecule has 5 rings (SSSR count). The van der Waals surface area contributed by atoms with Crippen LogP contribution in [-0.4, -0.2) is 54.5 Å². The molecule has 204 valence electrons. The van der Waals surface area contributed by atoms with E-state index in [1.807, 2.05) is 54.5 Å². The summed E-state index contributed by atoms with van der Waals surface area (Å²) < 4.78 is 11.5. The standard InChI is InChI=1S/C27H33ClN8O2Si/c1-17(25-29-9-10-34(25)2)31-27(37)20-15-36(16-38-11-12-39(4,5)6)26-24(20)32-21(14-30-26)23-19-8-7-18(28)13-22(19)35(3)33-23/h7-10,13-15,17H,11-12,16H2,1-6H3,(H,31,37). The molecule has 1 amide bonds. The summed E-state index contributed by atoms with van der Waals surface area (Å²) >= 11 is 6.22. The first-order valence-electron chi connectivity index (χ1n) is 12.9. The highest BCUT2D eigenvalue weighted by molar-refractivity contribution is 6.76. The van der Waals surface area contributed by atoms with E-state index in [0.717, 1.165) is 22.8 Å². The lowest BCUT2D eigenvalue weighted by atomic mass is 10.1. The first-order chi connectivity index (χ1) is 18.5. The van der Waals surface area contributed by atoms with Crippen LogP contribution in [-0.2, 0) is 25.6 Å². The number of hydrogen-bond acceptors (Lipinski definition) is 6. The van der Waals surface area contributed by atoms with Crippen molar-refractivity contribution >= 4 is 47.6 Å². The zero-order chi connectivity index (χ0) is 27.9. The predicted octanol–water partition coefficient (Wildman–Crippen LogP) is 5.18. The largest absolute Gasteiger partial charge is 0.361 e. The molecule has 39 heavy (non-hydrogen) atoms. The minimum Gasteiger partial charge on any atom is -0.361 e. The van der Waals surface area contributed by atoms with Gasteiger partial charge in [-0.15, -0.1) is 0 Å². The van der Waals surface area contributed by atoms with Gasteiger partial charge in [-0.2, -0.15) is 5.10 Å². The average Bonchev–Trinajstić information content (AvgIpc) is 3.56. The van der Waals surface area contributed by atoms with Crippen LogP contribution in [0.4, 0.5) is 0 Å². The van der Waals surface area contributed by atoms with Crippen LogP contribution >= 0.6 is 11.6 Å². The number of hydrogen-bond donors (Lipinski definition) is 1. The smallest absolute Gasteiger partial charge is 0.255 e. The van der Waals surface area contributed by atoms with E-state index < -0.39 is 8.07 Å². The van der Waals surface area contributed by atoms with Crippen LogP contribution < -0.4 is 5.32 Å². The van der Waals surface area contributed by atoms with Crippen LogP contribution in [0.5, 0.6) is 0 Å². The highest BCUT2D eigenvalue weighted by atomic mass is 35.5. The third kappa shape index (κ3) is 5.61. The topological polar surface area (TPSA) is 105 Å². The van der Waals surface area contributed by atoms with Gasteiger partial charge in [0.25, 0.3) is 5.91 Å². The molecule has 0 aliphatic heterocycles. The second kappa shape index (κ2) is 10.6. The van der Waals surface area contributed by atoms with Crippen LogP contribution in [0.3, 0.4) is 0 Å². The lowest BCUT2D eigenvalue weighted by molar-refractivity contribution is 0.0890. The number of carbonyl (C=O) groups excluding carboxylic acids is 1. The molecule has 1 aromatic carbocycles. The van der Waals surface area contributed by atoms with Gasteiger partial charge in [-0.25, -0.2) is 15.0 Å². The molecule has 0 spiro atoms. The van der Waals surface area contributed by atoms with Crippen molar-refractivity contribution in [2.24, 2.45) is 14.1 Å². The summed E-state index contributed by atoms with van der Waals surface area (Å²) in [5, 5.41) is 9.27. The monoisotopic (exact) mass is 564 g/mol. The Morgan fingerprint density at radius 2 is 2.00 bits per heavy atom. The van der Waals surface area contributed by atoms with E-state index in [-0.39, 0.29) is 18.7 Å². The lowest BCUT2D eigenvalue weighted by Crippen LogP contribution is -2.28. The number of carbonyl (C=O) groups is 1. The summed E-state index contributed by atoms with van der Waals surface area (Å²) in [5.41, 5.74) is 3.60. The van der Waals surface area contributed by atoms with E-state index in [1.54, 1.807) is 23.3 Å². The fourth-order valence-corrected chi connectivity index (χ4v) is 5.45. The summed E-state index contributed by atoms with van der Waals surface area (Å²) in [4.78, 5) is 27.6. The van der Waals surface area contributed by atoms with Crippen LogP contribution in [0.2, 0.25) is 30.7 Å². The van der Waals surface area contributed by atoms with Gasteiger partial charge < -0.3 is 19.2 Å². The minimum atomic E-state index is -1.23. The molecule has 5 aromatic rings. The van der Waals surface area contributed by atoms with E-state index in [9.17, 15) is 4.79 Å². The van der Waals surface area contributed by atoms with Crippen molar-refractivity contribution in [1.82, 2.24) is 39.2 Å². The van der Waals surface area contributed by atoms with Crippen molar-refractivity contribution in [2.75, 3.05) is 6.61 Å². The van der Waals surface area contributed by atoms with E-state index >= 15 is 0 Å². The number of benzene rings is 1. The van der Waals surface area contributed by atoms with Gasteiger partial charge in [-0.3, -0.25) is 9.48 Å². The number of nitrogens with zero attached hydrogens (tertiary/aromatic N) is 7. The molecule has 4 heterocycles. The van der Waals surface area contributed by atoms with Crippen LogP contribution in [0, 0.1) is 0 Å². The summed E-state index contributed by atoms with van der Waals surface area (Å²) in [7, 11) is 2.53. The summed E-state index contributed by atoms with van der Waals surface area (Å²) in [5.74, 6) is 0.493. The Labute approximate surface area is 233 Å². The van der Waals surface area contributed by atoms with Crippen molar-refractivity contribution in [3.05, 3.63) is 59.4 Å². The Bertz CT molecular complexity index is 1670. The fraction of sp³-hybridized carbons (Fsp3) is 0.370. The van der Waals surface area contributed by atoms with Crippen molar-refractivity contribution in [3.63, 3.8) is 0 Å². The highest BCUT2D eigenvalue weighted by Gasteiger charge is 2.23. The number of nitrogens with one attached hydrogen (secondary N) is 1. The molecular weight excluding hydrogens is 532 g/mol. The summed E-state index contributed by atoms with van der Waals surface area (Å²) in [6, 6.07) is 6.36. The molecule has 12 heteroatoms. The maximum Gasteiger partial charge on any atom is 0.255 e. The first-order valence-corrected chi connectivity index (χ1v) is 16.9. The van der Waals surface area contributed by atoms with Gasteiger partial charge in [0.15, 0.2) is 5.65 Å². The van der Waals surface area contributed by atoms with Gasteiger partial charge in [0.1, 0.15) is 29.5 Å². The molecular formula is C27H33ClN8O2Si. The van der Waals surface area contributed by atoms with Crippen molar-refractivity contribution in [2.45, 2.75) is 45.4 Å². The SMILES string of the molecule is CC(NC(=O)c1cn(COCC[Si](C)(C)C)c2ncc(-c3nn(C)c4cc(Cl)ccc34)nc12)c1nccn1C. The third-order valence-corrected chi connectivity index (χ3v) is 8.63. The Kier molecular flexibility index (Phi) is 7.32. The van der Waals surface area contributed by atoms with Gasteiger partial charge in [-0.05, 0) is 31.2 Å². The predicted molar refractivity (Wildman–Crippen MR) is 155 cm³/mol. The van der Waals surface area contributed by atoms with E-state index in [2.05, 4.69) is 35.0 Å². The van der Waals surface area contributed by atoms with E-state index in [1.165, 1.54) is 0 Å². The van der Waals surface area contributed by atoms with E-state index in [0.29, 0.717) is 39.7 Å². The second-order valence-corrected chi connectivity index (χ2v) is 17.1. The molecule has 0 saturated heterocycles. The zero-order valence-electron chi connectivity index (χ0n) is 23.1. The second-order valence-electron chi connectivity index (χ2n) is 11.0. The molecule has 0 aliphatic rings. The first kappa shape index (κ1) is 27.0. The maximum atomic E-state index is 13.6. The molecule has 4 aromatic heterocycles. The summed E-state index contributed by atoms with van der Waals surface area (Å²) in [6.45, 7) is 9.78. The molecule has 0 bridgehead atoms. The van der Waals surface area contributed by atoms with Crippen molar-refractivity contribution < 1.29 is 9.53 Å². The summed E-state index contributed by atoms with van der Waals surface area (Å²) in [6.07, 6.45) is 7.02. The molecule has 0 saturated carbocycles. The highest BCUT2D eigenvalue weighted by Crippen LogP contribution is 2.30. The lowest BCUT2D eigenvalue weighted by Gasteiger charge is -2.15. The van der Waals surface area contributed by atoms with Gasteiger partial charge >= 0.3 is 0 Å². The van der Waals surface area contributed by atoms with Gasteiger partial charge in [-0.1, -0.05) is 31.2 Å². The normalized spacial score (nSPS) is 12.9. The van der Waals surface area contributed by atoms with Crippen LogP contribution in [0.1, 0.15) is 29.1 Å². The molecule has 1 N–H and O–H groups in total. The quantitative estimate of drug-likeness (QED) is 0.195. The number of aryl methyl sites for hydroxylation is 2. The van der Waals surface area contributed by atoms with Crippen LogP contribution in [0.25, 0.3) is 33.5 Å². The molecule has 0 aliphatic carbocycles. The zero-order valence-corrected chi connectivity index (χ0v) is 24.8.